The summed E-state index contributed by atoms with van der Waals surface area (Å²) >= 11 is 6.40. The van der Waals surface area contributed by atoms with Crippen LogP contribution in [0.25, 0.3) is 0 Å². The molecule has 2 atom stereocenters. The lowest BCUT2D eigenvalue weighted by atomic mass is 9.75. The SMILES string of the molecule is CCn1nc(C)c(Cl)c1CC1(CN)CCC(C)(C)C1O. The molecule has 1 aromatic rings. The Kier molecular flexibility index (Phi) is 4.20. The molecule has 0 saturated heterocycles. The third-order valence-electron chi connectivity index (χ3n) is 4.97. The topological polar surface area (TPSA) is 64.1 Å². The molecule has 1 aliphatic carbocycles. The highest BCUT2D eigenvalue weighted by Gasteiger charge is 2.51. The van der Waals surface area contributed by atoms with Crippen molar-refractivity contribution in [2.75, 3.05) is 6.54 Å². The Morgan fingerprint density at radius 1 is 1.45 bits per heavy atom. The number of nitrogens with zero attached hydrogens (tertiary/aromatic N) is 2. The zero-order valence-corrected chi connectivity index (χ0v) is 13.7. The van der Waals surface area contributed by atoms with E-state index in [9.17, 15) is 5.11 Å². The van der Waals surface area contributed by atoms with Crippen LogP contribution in [0.1, 0.15) is 45.0 Å². The highest BCUT2D eigenvalue weighted by atomic mass is 35.5. The van der Waals surface area contributed by atoms with Crippen LogP contribution in [-0.2, 0) is 13.0 Å². The first-order valence-electron chi connectivity index (χ1n) is 7.37. The number of halogens is 1. The Morgan fingerprint density at radius 2 is 2.10 bits per heavy atom. The van der Waals surface area contributed by atoms with Gasteiger partial charge in [-0.25, -0.2) is 0 Å². The molecule has 0 amide bonds. The summed E-state index contributed by atoms with van der Waals surface area (Å²) in [5.41, 5.74) is 7.53. The van der Waals surface area contributed by atoms with E-state index in [1.54, 1.807) is 0 Å². The van der Waals surface area contributed by atoms with E-state index in [1.807, 2.05) is 11.6 Å². The summed E-state index contributed by atoms with van der Waals surface area (Å²) < 4.78 is 1.94. The van der Waals surface area contributed by atoms with Crippen LogP contribution in [0, 0.1) is 17.8 Å². The predicted octanol–water partition coefficient (Wildman–Crippen LogP) is 2.53. The number of aliphatic hydroxyl groups is 1. The average molecular weight is 300 g/mol. The second kappa shape index (κ2) is 5.32. The lowest BCUT2D eigenvalue weighted by Gasteiger charge is -2.36. The number of nitrogens with two attached hydrogens (primary N) is 1. The molecule has 0 spiro atoms. The van der Waals surface area contributed by atoms with Crippen LogP contribution in [0.5, 0.6) is 0 Å². The van der Waals surface area contributed by atoms with E-state index in [0.717, 1.165) is 35.8 Å². The third kappa shape index (κ3) is 2.38. The molecule has 1 fully saturated rings. The minimum Gasteiger partial charge on any atom is -0.392 e. The molecular formula is C15H26ClN3O. The molecule has 4 nitrogen and oxygen atoms in total. The molecule has 0 aromatic carbocycles. The zero-order valence-electron chi connectivity index (χ0n) is 12.9. The quantitative estimate of drug-likeness (QED) is 0.898. The first-order valence-corrected chi connectivity index (χ1v) is 7.75. The second-order valence-corrected chi connectivity index (χ2v) is 7.17. The fraction of sp³-hybridized carbons (Fsp3) is 0.800. The van der Waals surface area contributed by atoms with Crippen LogP contribution in [0.4, 0.5) is 0 Å². The molecular weight excluding hydrogens is 274 g/mol. The van der Waals surface area contributed by atoms with Gasteiger partial charge in [-0.2, -0.15) is 5.10 Å². The van der Waals surface area contributed by atoms with Crippen LogP contribution in [0.15, 0.2) is 0 Å². The maximum Gasteiger partial charge on any atom is 0.0847 e. The Bertz CT molecular complexity index is 498. The number of aryl methyl sites for hydroxylation is 2. The first kappa shape index (κ1) is 15.8. The summed E-state index contributed by atoms with van der Waals surface area (Å²) in [5.74, 6) is 0. The van der Waals surface area contributed by atoms with Crippen molar-refractivity contribution in [1.82, 2.24) is 9.78 Å². The summed E-state index contributed by atoms with van der Waals surface area (Å²) in [7, 11) is 0. The molecule has 0 radical (unpaired) electrons. The fourth-order valence-corrected chi connectivity index (χ4v) is 3.72. The minimum absolute atomic E-state index is 0.0854. The average Bonchev–Trinajstić information content (AvgIpc) is 2.81. The molecule has 114 valence electrons. The lowest BCUT2D eigenvalue weighted by Crippen LogP contribution is -2.44. The predicted molar refractivity (Wildman–Crippen MR) is 81.9 cm³/mol. The summed E-state index contributed by atoms with van der Waals surface area (Å²) in [6, 6.07) is 0. The van der Waals surface area contributed by atoms with Gasteiger partial charge in [0.05, 0.1) is 22.5 Å². The van der Waals surface area contributed by atoms with Crippen molar-refractivity contribution >= 4 is 11.6 Å². The van der Waals surface area contributed by atoms with Crippen LogP contribution >= 0.6 is 11.6 Å². The molecule has 0 aliphatic heterocycles. The van der Waals surface area contributed by atoms with Gasteiger partial charge in [0, 0.05) is 24.9 Å². The van der Waals surface area contributed by atoms with Crippen molar-refractivity contribution in [2.45, 2.75) is 59.6 Å². The Labute approximate surface area is 126 Å². The number of rotatable bonds is 4. The molecule has 1 aliphatic rings. The second-order valence-electron chi connectivity index (χ2n) is 6.80. The van der Waals surface area contributed by atoms with Crippen molar-refractivity contribution < 1.29 is 5.11 Å². The molecule has 1 saturated carbocycles. The van der Waals surface area contributed by atoms with Gasteiger partial charge in [0.1, 0.15) is 0 Å². The fourth-order valence-electron chi connectivity index (χ4n) is 3.52. The summed E-state index contributed by atoms with van der Waals surface area (Å²) in [5, 5.41) is 15.9. The number of hydrogen-bond acceptors (Lipinski definition) is 3. The molecule has 0 bridgehead atoms. The number of aliphatic hydroxyl groups excluding tert-OH is 1. The van der Waals surface area contributed by atoms with E-state index >= 15 is 0 Å². The van der Waals surface area contributed by atoms with Gasteiger partial charge in [-0.05, 0) is 32.1 Å². The maximum absolute atomic E-state index is 10.7. The van der Waals surface area contributed by atoms with Crippen molar-refractivity contribution in [1.29, 1.82) is 0 Å². The zero-order chi connectivity index (χ0) is 15.1. The summed E-state index contributed by atoms with van der Waals surface area (Å²) in [4.78, 5) is 0. The number of hydrogen-bond donors (Lipinski definition) is 2. The molecule has 5 heteroatoms. The largest absolute Gasteiger partial charge is 0.392 e. The van der Waals surface area contributed by atoms with Crippen molar-refractivity contribution in [3.8, 4) is 0 Å². The molecule has 1 aromatic heterocycles. The van der Waals surface area contributed by atoms with Gasteiger partial charge >= 0.3 is 0 Å². The van der Waals surface area contributed by atoms with Gasteiger partial charge in [0.2, 0.25) is 0 Å². The van der Waals surface area contributed by atoms with E-state index in [4.69, 9.17) is 17.3 Å². The number of aromatic nitrogens is 2. The van der Waals surface area contributed by atoms with Crippen molar-refractivity contribution in [2.24, 2.45) is 16.6 Å². The standard InChI is InChI=1S/C15H26ClN3O/c1-5-19-11(12(16)10(2)18-19)8-15(9-17)7-6-14(3,4)13(15)20/h13,20H,5-9,17H2,1-4H3. The van der Waals surface area contributed by atoms with Gasteiger partial charge in [0.25, 0.3) is 0 Å². The van der Waals surface area contributed by atoms with Crippen LogP contribution in [0.2, 0.25) is 5.02 Å². The highest BCUT2D eigenvalue weighted by Crippen LogP contribution is 2.50. The Hall–Kier alpha value is -0.580. The minimum atomic E-state index is -0.406. The monoisotopic (exact) mass is 299 g/mol. The third-order valence-corrected chi connectivity index (χ3v) is 5.46. The molecule has 3 N–H and O–H groups in total. The Morgan fingerprint density at radius 3 is 2.55 bits per heavy atom. The molecule has 20 heavy (non-hydrogen) atoms. The van der Waals surface area contributed by atoms with Crippen molar-refractivity contribution in [3.63, 3.8) is 0 Å². The van der Waals surface area contributed by atoms with Gasteiger partial charge in [0.15, 0.2) is 0 Å². The normalized spacial score (nSPS) is 29.1. The van der Waals surface area contributed by atoms with E-state index < -0.39 is 6.10 Å². The van der Waals surface area contributed by atoms with Crippen molar-refractivity contribution in [3.05, 3.63) is 16.4 Å². The molecule has 2 unspecified atom stereocenters. The van der Waals surface area contributed by atoms with E-state index in [1.165, 1.54) is 0 Å². The van der Waals surface area contributed by atoms with Gasteiger partial charge in [-0.3, -0.25) is 4.68 Å². The first-order chi connectivity index (χ1) is 9.27. The lowest BCUT2D eigenvalue weighted by molar-refractivity contribution is -0.00552. The van der Waals surface area contributed by atoms with Gasteiger partial charge < -0.3 is 10.8 Å². The van der Waals surface area contributed by atoms with E-state index in [2.05, 4.69) is 25.9 Å². The van der Waals surface area contributed by atoms with E-state index in [0.29, 0.717) is 13.0 Å². The van der Waals surface area contributed by atoms with Crippen LogP contribution < -0.4 is 5.73 Å². The molecule has 1 heterocycles. The summed E-state index contributed by atoms with van der Waals surface area (Å²) in [6.07, 6.45) is 2.21. The summed E-state index contributed by atoms with van der Waals surface area (Å²) in [6.45, 7) is 9.45. The van der Waals surface area contributed by atoms with Gasteiger partial charge in [-0.1, -0.05) is 25.4 Å². The Balaban J connectivity index is 2.37. The smallest absolute Gasteiger partial charge is 0.0847 e. The highest BCUT2D eigenvalue weighted by molar-refractivity contribution is 6.31. The van der Waals surface area contributed by atoms with Crippen LogP contribution in [0.3, 0.4) is 0 Å². The molecule has 2 rings (SSSR count). The van der Waals surface area contributed by atoms with Crippen LogP contribution in [-0.4, -0.2) is 27.5 Å². The maximum atomic E-state index is 10.7. The van der Waals surface area contributed by atoms with Gasteiger partial charge in [-0.15, -0.1) is 0 Å². The van der Waals surface area contributed by atoms with E-state index in [-0.39, 0.29) is 10.8 Å².